The quantitative estimate of drug-likeness (QED) is 0.819. The van der Waals surface area contributed by atoms with Crippen molar-refractivity contribution in [2.75, 3.05) is 26.3 Å². The third-order valence-corrected chi connectivity index (χ3v) is 7.45. The molecule has 4 fully saturated rings. The van der Waals surface area contributed by atoms with Crippen molar-refractivity contribution in [2.45, 2.75) is 88.3 Å². The zero-order valence-electron chi connectivity index (χ0n) is 15.6. The molecule has 0 radical (unpaired) electrons. The van der Waals surface area contributed by atoms with Crippen molar-refractivity contribution in [3.8, 4) is 0 Å². The highest BCUT2D eigenvalue weighted by molar-refractivity contribution is 5.88. The summed E-state index contributed by atoms with van der Waals surface area (Å²) in [5.41, 5.74) is -0.270. The molecule has 2 saturated carbocycles. The fraction of sp³-hybridized carbons (Fsp3) is 0.950. The van der Waals surface area contributed by atoms with Crippen molar-refractivity contribution in [2.24, 2.45) is 5.92 Å². The fourth-order valence-corrected chi connectivity index (χ4v) is 5.83. The highest BCUT2D eigenvalue weighted by Crippen LogP contribution is 2.37. The molecule has 0 aromatic heterocycles. The highest BCUT2D eigenvalue weighted by atomic mass is 16.3. The van der Waals surface area contributed by atoms with E-state index in [1.165, 1.54) is 38.5 Å². The Balaban J connectivity index is 1.39. The van der Waals surface area contributed by atoms with E-state index in [-0.39, 0.29) is 17.6 Å². The summed E-state index contributed by atoms with van der Waals surface area (Å²) in [7, 11) is 0. The molecule has 5 heteroatoms. The Bertz CT molecular complexity index is 470. The molecule has 2 unspecified atom stereocenters. The second-order valence-electron chi connectivity index (χ2n) is 8.88. The lowest BCUT2D eigenvalue weighted by atomic mass is 9.82. The van der Waals surface area contributed by atoms with Crippen LogP contribution in [0, 0.1) is 5.92 Å². The van der Waals surface area contributed by atoms with Gasteiger partial charge in [0.2, 0.25) is 5.91 Å². The molecule has 1 spiro atoms. The van der Waals surface area contributed by atoms with E-state index < -0.39 is 0 Å². The molecule has 2 saturated heterocycles. The number of hydrogen-bond donors (Lipinski definition) is 2. The monoisotopic (exact) mass is 349 g/mol. The Morgan fingerprint density at radius 3 is 2.40 bits per heavy atom. The van der Waals surface area contributed by atoms with Gasteiger partial charge in [-0.2, -0.15) is 0 Å². The van der Waals surface area contributed by atoms with E-state index in [1.54, 1.807) is 0 Å². The van der Waals surface area contributed by atoms with Crippen LogP contribution in [-0.2, 0) is 4.79 Å². The third kappa shape index (κ3) is 3.47. The Morgan fingerprint density at radius 1 is 1.00 bits per heavy atom. The predicted octanol–water partition coefficient (Wildman–Crippen LogP) is 2.09. The maximum absolute atomic E-state index is 12.7. The Labute approximate surface area is 152 Å². The van der Waals surface area contributed by atoms with E-state index in [0.717, 1.165) is 64.3 Å². The van der Waals surface area contributed by atoms with E-state index in [9.17, 15) is 9.90 Å². The van der Waals surface area contributed by atoms with Crippen molar-refractivity contribution < 1.29 is 9.90 Å². The van der Waals surface area contributed by atoms with Gasteiger partial charge in [0.15, 0.2) is 0 Å². The van der Waals surface area contributed by atoms with Gasteiger partial charge in [-0.15, -0.1) is 0 Å². The van der Waals surface area contributed by atoms with E-state index >= 15 is 0 Å². The van der Waals surface area contributed by atoms with Gasteiger partial charge in [0.25, 0.3) is 0 Å². The molecule has 25 heavy (non-hydrogen) atoms. The Kier molecular flexibility index (Phi) is 5.35. The van der Waals surface area contributed by atoms with E-state index in [1.807, 2.05) is 0 Å². The van der Waals surface area contributed by atoms with Gasteiger partial charge in [-0.05, 0) is 44.4 Å². The lowest BCUT2D eigenvalue weighted by Gasteiger charge is -2.47. The zero-order valence-corrected chi connectivity index (χ0v) is 15.6. The van der Waals surface area contributed by atoms with E-state index in [0.29, 0.717) is 6.04 Å². The Hall–Kier alpha value is -0.650. The van der Waals surface area contributed by atoms with E-state index in [4.69, 9.17) is 0 Å². The third-order valence-electron chi connectivity index (χ3n) is 7.45. The van der Waals surface area contributed by atoms with Gasteiger partial charge in [0.1, 0.15) is 5.54 Å². The second-order valence-corrected chi connectivity index (χ2v) is 8.88. The molecule has 0 bridgehead atoms. The molecule has 2 N–H and O–H groups in total. The molecule has 4 rings (SSSR count). The summed E-state index contributed by atoms with van der Waals surface area (Å²) >= 11 is 0. The fourth-order valence-electron chi connectivity index (χ4n) is 5.83. The average Bonchev–Trinajstić information content (AvgIpc) is 2.93. The van der Waals surface area contributed by atoms with Crippen LogP contribution in [0.5, 0.6) is 0 Å². The van der Waals surface area contributed by atoms with Gasteiger partial charge in [-0.3, -0.25) is 14.6 Å². The van der Waals surface area contributed by atoms with Gasteiger partial charge in [-0.25, -0.2) is 0 Å². The summed E-state index contributed by atoms with van der Waals surface area (Å²) in [5.74, 6) is 1.03. The maximum Gasteiger partial charge on any atom is 0.241 e. The van der Waals surface area contributed by atoms with Crippen LogP contribution in [0.3, 0.4) is 0 Å². The summed E-state index contributed by atoms with van der Waals surface area (Å²) in [4.78, 5) is 17.7. The lowest BCUT2D eigenvalue weighted by molar-refractivity contribution is -0.130. The molecule has 2 atom stereocenters. The molecule has 142 valence electrons. The van der Waals surface area contributed by atoms with Crippen LogP contribution in [0.4, 0.5) is 0 Å². The summed E-state index contributed by atoms with van der Waals surface area (Å²) < 4.78 is 0. The summed E-state index contributed by atoms with van der Waals surface area (Å²) in [6.07, 6.45) is 12.9. The van der Waals surface area contributed by atoms with Crippen molar-refractivity contribution in [3.63, 3.8) is 0 Å². The first-order valence-corrected chi connectivity index (χ1v) is 10.6. The first-order chi connectivity index (χ1) is 12.2. The minimum atomic E-state index is -0.270. The molecule has 0 aromatic rings. The van der Waals surface area contributed by atoms with Crippen LogP contribution in [-0.4, -0.2) is 64.8 Å². The normalized spacial score (nSPS) is 35.2. The van der Waals surface area contributed by atoms with Gasteiger partial charge >= 0.3 is 0 Å². The minimum Gasteiger partial charge on any atom is -0.391 e. The maximum atomic E-state index is 12.7. The smallest absolute Gasteiger partial charge is 0.241 e. The van der Waals surface area contributed by atoms with Crippen molar-refractivity contribution in [1.82, 2.24) is 15.1 Å². The molecule has 4 aliphatic rings. The molecule has 2 heterocycles. The SMILES string of the molecule is O=C1NCN(CC2CCCCC2)C12CCN(C1CCCCC1O)CC2. The van der Waals surface area contributed by atoms with Crippen molar-refractivity contribution in [1.29, 1.82) is 0 Å². The first kappa shape index (κ1) is 17.7. The topological polar surface area (TPSA) is 55.8 Å². The molecule has 5 nitrogen and oxygen atoms in total. The number of carbonyl (C=O) groups is 1. The standard InChI is InChI=1S/C20H35N3O2/c24-18-9-5-4-8-17(18)22-12-10-20(11-13-22)19(25)21-15-23(20)14-16-6-2-1-3-7-16/h16-18,24H,1-15H2,(H,21,25). The van der Waals surface area contributed by atoms with Crippen LogP contribution < -0.4 is 5.32 Å². The zero-order chi connectivity index (χ0) is 17.3. The second kappa shape index (κ2) is 7.53. The largest absolute Gasteiger partial charge is 0.391 e. The summed E-state index contributed by atoms with van der Waals surface area (Å²) in [5, 5.41) is 13.5. The van der Waals surface area contributed by atoms with Crippen LogP contribution in [0.1, 0.15) is 70.6 Å². The molecule has 2 aliphatic carbocycles. The number of likely N-dealkylation sites (tertiary alicyclic amines) is 1. The van der Waals surface area contributed by atoms with Crippen LogP contribution in [0.15, 0.2) is 0 Å². The number of nitrogens with zero attached hydrogens (tertiary/aromatic N) is 2. The predicted molar refractivity (Wildman–Crippen MR) is 98.1 cm³/mol. The number of hydrogen-bond acceptors (Lipinski definition) is 4. The van der Waals surface area contributed by atoms with Gasteiger partial charge in [0.05, 0.1) is 12.8 Å². The Morgan fingerprint density at radius 2 is 1.68 bits per heavy atom. The summed E-state index contributed by atoms with van der Waals surface area (Å²) in [6.45, 7) is 3.73. The minimum absolute atomic E-state index is 0.168. The van der Waals surface area contributed by atoms with Crippen molar-refractivity contribution in [3.05, 3.63) is 0 Å². The van der Waals surface area contributed by atoms with E-state index in [2.05, 4.69) is 15.1 Å². The van der Waals surface area contributed by atoms with Crippen LogP contribution >= 0.6 is 0 Å². The van der Waals surface area contributed by atoms with Gasteiger partial charge < -0.3 is 10.4 Å². The average molecular weight is 350 g/mol. The number of piperidine rings is 1. The highest BCUT2D eigenvalue weighted by Gasteiger charge is 2.51. The summed E-state index contributed by atoms with van der Waals surface area (Å²) in [6, 6.07) is 0.322. The molecule has 2 aliphatic heterocycles. The number of amides is 1. The van der Waals surface area contributed by atoms with Gasteiger partial charge in [0, 0.05) is 25.7 Å². The molecular formula is C20H35N3O2. The number of aliphatic hydroxyl groups excluding tert-OH is 1. The number of carbonyl (C=O) groups excluding carboxylic acids is 1. The van der Waals surface area contributed by atoms with Gasteiger partial charge in [-0.1, -0.05) is 32.1 Å². The molecule has 0 aromatic carbocycles. The number of nitrogens with one attached hydrogen (secondary N) is 1. The molecule has 1 amide bonds. The van der Waals surface area contributed by atoms with Crippen molar-refractivity contribution >= 4 is 5.91 Å². The van der Waals surface area contributed by atoms with Crippen LogP contribution in [0.2, 0.25) is 0 Å². The number of aliphatic hydroxyl groups is 1. The van der Waals surface area contributed by atoms with Crippen LogP contribution in [0.25, 0.3) is 0 Å². The lowest BCUT2D eigenvalue weighted by Crippen LogP contribution is -2.59. The first-order valence-electron chi connectivity index (χ1n) is 10.6. The number of rotatable bonds is 3. The molecular weight excluding hydrogens is 314 g/mol.